The first-order chi connectivity index (χ1) is 29.1. The second-order valence-corrected chi connectivity index (χ2v) is 13.6. The summed E-state index contributed by atoms with van der Waals surface area (Å²) in [5.41, 5.74) is 3.74. The van der Waals surface area contributed by atoms with Crippen molar-refractivity contribution in [3.63, 3.8) is 0 Å². The molecule has 0 aliphatic carbocycles. The highest BCUT2D eigenvalue weighted by atomic mass is 16.6. The topological polar surface area (TPSA) is 230 Å². The van der Waals surface area contributed by atoms with Crippen molar-refractivity contribution < 1.29 is 19.7 Å². The van der Waals surface area contributed by atoms with Crippen LogP contribution >= 0.6 is 0 Å². The number of hydrogen-bond donors (Lipinski definition) is 2. The Morgan fingerprint density at radius 2 is 0.550 bits per heavy atom. The molecule has 0 saturated heterocycles. The summed E-state index contributed by atoms with van der Waals surface area (Å²) in [6.07, 6.45) is 6.61. The highest BCUT2D eigenvalue weighted by Crippen LogP contribution is 2.43. The highest BCUT2D eigenvalue weighted by Gasteiger charge is 2.27. The molecule has 0 fully saturated rings. The predicted octanol–water partition coefficient (Wildman–Crippen LogP) is 11.0. The zero-order valence-corrected chi connectivity index (χ0v) is 30.8. The zero-order valence-electron chi connectivity index (χ0n) is 30.8. The van der Waals surface area contributed by atoms with E-state index in [0.717, 1.165) is 0 Å². The number of aromatic nitrogens is 4. The normalized spacial score (nSPS) is 11.7. The van der Waals surface area contributed by atoms with E-state index in [4.69, 9.17) is 9.97 Å². The number of fused-ring (bicyclic) bond motifs is 8. The Hall–Kier alpha value is -8.92. The Labute approximate surface area is 337 Å². The number of nitrogens with one attached hydrogen (secondary N) is 2. The number of para-hydroxylation sites is 4. The summed E-state index contributed by atoms with van der Waals surface area (Å²) in [6, 6.07) is 31.3. The Balaban J connectivity index is 1.53. The molecule has 0 radical (unpaired) electrons. The fraction of sp³-hybridized carbons (Fsp3) is 0. The van der Waals surface area contributed by atoms with E-state index in [1.165, 1.54) is 24.3 Å². The number of benzene rings is 4. The highest BCUT2D eigenvalue weighted by molar-refractivity contribution is 6.02. The van der Waals surface area contributed by atoms with Crippen molar-refractivity contribution in [3.05, 3.63) is 185 Å². The summed E-state index contributed by atoms with van der Waals surface area (Å²) in [5, 5.41) is 50.0. The molecular weight excluding hydrogens is 769 g/mol. The maximum Gasteiger partial charge on any atom is 0.277 e. The molecule has 3 aromatic heterocycles. The average molecular weight is 795 g/mol. The third-order valence-corrected chi connectivity index (χ3v) is 10.2. The van der Waals surface area contributed by atoms with E-state index in [2.05, 4.69) is 9.97 Å². The largest absolute Gasteiger partial charge is 0.354 e. The number of rotatable bonds is 8. The molecule has 0 spiro atoms. The summed E-state index contributed by atoms with van der Waals surface area (Å²) in [6.45, 7) is 0. The van der Waals surface area contributed by atoms with Crippen molar-refractivity contribution in [1.29, 1.82) is 0 Å². The second-order valence-electron chi connectivity index (χ2n) is 13.6. The Bertz CT molecular complexity index is 2840. The van der Waals surface area contributed by atoms with Gasteiger partial charge in [-0.2, -0.15) is 0 Å². The fourth-order valence-electron chi connectivity index (χ4n) is 7.72. The van der Waals surface area contributed by atoms with Gasteiger partial charge in [0.15, 0.2) is 0 Å². The first-order valence-corrected chi connectivity index (χ1v) is 18.2. The Morgan fingerprint density at radius 1 is 0.333 bits per heavy atom. The van der Waals surface area contributed by atoms with Crippen molar-refractivity contribution >= 4 is 69.1 Å². The van der Waals surface area contributed by atoms with E-state index in [0.29, 0.717) is 44.3 Å². The average Bonchev–Trinajstić information content (AvgIpc) is 4.09. The molecule has 0 atom stereocenters. The lowest BCUT2D eigenvalue weighted by Gasteiger charge is -2.08. The first-order valence-electron chi connectivity index (χ1n) is 18.2. The molecule has 9 rings (SSSR count). The molecule has 8 bridgehead atoms. The lowest BCUT2D eigenvalue weighted by molar-refractivity contribution is -0.384. The van der Waals surface area contributed by atoms with Gasteiger partial charge in [0.05, 0.1) is 64.7 Å². The lowest BCUT2D eigenvalue weighted by atomic mass is 10.0. The summed E-state index contributed by atoms with van der Waals surface area (Å²) >= 11 is 0. The summed E-state index contributed by atoms with van der Waals surface area (Å²) in [7, 11) is 0. The van der Waals surface area contributed by atoms with Gasteiger partial charge < -0.3 is 9.97 Å². The van der Waals surface area contributed by atoms with Crippen LogP contribution in [0.15, 0.2) is 121 Å². The Morgan fingerprint density at radius 3 is 0.767 bits per heavy atom. The number of hydrogen-bond acceptors (Lipinski definition) is 10. The molecule has 16 nitrogen and oxygen atoms in total. The molecule has 5 heterocycles. The summed E-state index contributed by atoms with van der Waals surface area (Å²) in [4.78, 5) is 64.7. The van der Waals surface area contributed by atoms with Crippen molar-refractivity contribution in [2.75, 3.05) is 0 Å². The van der Waals surface area contributed by atoms with E-state index >= 15 is 0 Å². The number of nitrogens with zero attached hydrogens (tertiary/aromatic N) is 6. The summed E-state index contributed by atoms with van der Waals surface area (Å²) < 4.78 is 0. The van der Waals surface area contributed by atoms with Crippen molar-refractivity contribution in [3.8, 4) is 44.5 Å². The van der Waals surface area contributed by atoms with Gasteiger partial charge in [-0.3, -0.25) is 40.5 Å². The van der Waals surface area contributed by atoms with Gasteiger partial charge in [0.25, 0.3) is 22.7 Å². The predicted molar refractivity (Wildman–Crippen MR) is 227 cm³/mol. The molecule has 2 aliphatic heterocycles. The van der Waals surface area contributed by atoms with Gasteiger partial charge >= 0.3 is 0 Å². The minimum Gasteiger partial charge on any atom is -0.354 e. The van der Waals surface area contributed by atoms with E-state index in [-0.39, 0.29) is 67.8 Å². The molecule has 2 N–H and O–H groups in total. The molecule has 4 aromatic carbocycles. The van der Waals surface area contributed by atoms with E-state index in [1.54, 1.807) is 121 Å². The molecule has 0 unspecified atom stereocenters. The van der Waals surface area contributed by atoms with Crippen molar-refractivity contribution in [1.82, 2.24) is 19.9 Å². The monoisotopic (exact) mass is 794 g/mol. The van der Waals surface area contributed by atoms with Crippen LogP contribution in [-0.2, 0) is 0 Å². The van der Waals surface area contributed by atoms with Crippen LogP contribution in [0.25, 0.3) is 90.9 Å². The van der Waals surface area contributed by atoms with Crippen LogP contribution in [0.3, 0.4) is 0 Å². The van der Waals surface area contributed by atoms with Gasteiger partial charge in [0, 0.05) is 68.6 Å². The number of aromatic amines is 2. The second kappa shape index (κ2) is 14.5. The van der Waals surface area contributed by atoms with Crippen LogP contribution < -0.4 is 0 Å². The van der Waals surface area contributed by atoms with Gasteiger partial charge in [0.2, 0.25) is 0 Å². The molecule has 0 amide bonds. The van der Waals surface area contributed by atoms with Crippen LogP contribution in [0.5, 0.6) is 0 Å². The molecule has 0 saturated carbocycles. The number of nitro benzene ring substituents is 4. The van der Waals surface area contributed by atoms with Crippen LogP contribution in [0.4, 0.5) is 22.7 Å². The smallest absolute Gasteiger partial charge is 0.277 e. The van der Waals surface area contributed by atoms with Gasteiger partial charge in [-0.25, -0.2) is 9.97 Å². The first kappa shape index (κ1) is 36.7. The van der Waals surface area contributed by atoms with Gasteiger partial charge in [-0.05, 0) is 72.8 Å². The van der Waals surface area contributed by atoms with Gasteiger partial charge in [-0.1, -0.05) is 48.5 Å². The van der Waals surface area contributed by atoms with Gasteiger partial charge in [0.1, 0.15) is 0 Å². The van der Waals surface area contributed by atoms with Crippen LogP contribution in [0.2, 0.25) is 0 Å². The maximum atomic E-state index is 12.5. The van der Waals surface area contributed by atoms with Crippen molar-refractivity contribution in [2.24, 2.45) is 0 Å². The molecule has 60 heavy (non-hydrogen) atoms. The van der Waals surface area contributed by atoms with E-state index in [9.17, 15) is 40.5 Å². The van der Waals surface area contributed by atoms with Crippen LogP contribution in [-0.4, -0.2) is 39.6 Å². The minimum absolute atomic E-state index is 0.209. The quantitative estimate of drug-likeness (QED) is 0.109. The molecule has 2 aliphatic rings. The fourth-order valence-corrected chi connectivity index (χ4v) is 7.72. The lowest BCUT2D eigenvalue weighted by Crippen LogP contribution is -1.96. The van der Waals surface area contributed by atoms with Gasteiger partial charge in [-0.15, -0.1) is 0 Å². The third-order valence-electron chi connectivity index (χ3n) is 10.2. The van der Waals surface area contributed by atoms with E-state index < -0.39 is 19.7 Å². The van der Waals surface area contributed by atoms with Crippen LogP contribution in [0, 0.1) is 40.5 Å². The van der Waals surface area contributed by atoms with Crippen LogP contribution in [0.1, 0.15) is 22.8 Å². The standard InChI is InChI=1S/C44H26N8O8/c53-49(54)37-13-5-1-9-25(37)41-29-17-19-31(45-29)42(26-10-2-6-14-38(26)50(55)56)33-21-23-35(47-33)44(28-12-4-8-16-40(28)52(59)60)36-24-22-34(48-36)43(32-20-18-30(41)46-32)27-11-3-7-15-39(27)51(57)58/h1-24,45,48H. The number of nitro groups is 4. The Kier molecular flexibility index (Phi) is 8.90. The molecule has 290 valence electrons. The number of H-pyrrole nitrogens is 2. The van der Waals surface area contributed by atoms with Crippen molar-refractivity contribution in [2.45, 2.75) is 0 Å². The SMILES string of the molecule is O=[N+]([O-])c1ccccc1-c1c2nc(c(-c3ccccc3[N+](=O)[O-])c3ccc([nH]3)c(-c3ccccc3[N+](=O)[O-])c3nc(c(-c4ccccc4[N+](=O)[O-])c4ccc1[nH]4)C=C3)C=C2. The summed E-state index contributed by atoms with van der Waals surface area (Å²) in [5.74, 6) is 0. The van der Waals surface area contributed by atoms with E-state index in [1.807, 2.05) is 0 Å². The molecule has 7 aromatic rings. The molecule has 16 heteroatoms. The third kappa shape index (κ3) is 6.22. The molecular formula is C44H26N8O8. The minimum atomic E-state index is -0.508. The zero-order chi connectivity index (χ0) is 41.7. The maximum absolute atomic E-state index is 12.5.